The highest BCUT2D eigenvalue weighted by molar-refractivity contribution is 5.79. The fourth-order valence-corrected chi connectivity index (χ4v) is 5.43. The van der Waals surface area contributed by atoms with Crippen molar-refractivity contribution < 1.29 is 9.90 Å². The molecule has 4 heteroatoms. The van der Waals surface area contributed by atoms with E-state index in [4.69, 9.17) is 0 Å². The maximum atomic E-state index is 12.2. The summed E-state index contributed by atoms with van der Waals surface area (Å²) in [6.07, 6.45) is 5.47. The van der Waals surface area contributed by atoms with Crippen molar-refractivity contribution in [3.63, 3.8) is 0 Å². The summed E-state index contributed by atoms with van der Waals surface area (Å²) in [5.74, 6) is 1.90. The zero-order chi connectivity index (χ0) is 15.6. The molecule has 5 rings (SSSR count). The number of likely N-dealkylation sites (tertiary alicyclic amines) is 1. The molecule has 122 valence electrons. The Labute approximate surface area is 136 Å². The fourth-order valence-electron chi connectivity index (χ4n) is 5.43. The Morgan fingerprint density at radius 3 is 3.04 bits per heavy atom. The molecule has 0 radical (unpaired) electrons. The van der Waals surface area contributed by atoms with Gasteiger partial charge in [0.1, 0.15) is 5.75 Å². The van der Waals surface area contributed by atoms with Gasteiger partial charge in [-0.25, -0.2) is 0 Å². The first-order valence-corrected chi connectivity index (χ1v) is 8.99. The number of nitrogens with zero attached hydrogens (tertiary/aromatic N) is 1. The van der Waals surface area contributed by atoms with Gasteiger partial charge in [0.2, 0.25) is 5.91 Å². The van der Waals surface area contributed by atoms with Gasteiger partial charge in [-0.15, -0.1) is 0 Å². The average Bonchev–Trinajstić information content (AvgIpc) is 3.34. The van der Waals surface area contributed by atoms with E-state index >= 15 is 0 Å². The van der Waals surface area contributed by atoms with Crippen molar-refractivity contribution in [2.24, 2.45) is 11.8 Å². The van der Waals surface area contributed by atoms with Crippen molar-refractivity contribution in [1.29, 1.82) is 0 Å². The van der Waals surface area contributed by atoms with Crippen LogP contribution in [0, 0.1) is 11.8 Å². The lowest BCUT2D eigenvalue weighted by Gasteiger charge is -2.58. The Morgan fingerprint density at radius 2 is 2.22 bits per heavy atom. The minimum absolute atomic E-state index is 0.0562. The lowest BCUT2D eigenvalue weighted by atomic mass is 9.54. The van der Waals surface area contributed by atoms with Gasteiger partial charge in [0.15, 0.2) is 0 Å². The third-order valence-electron chi connectivity index (χ3n) is 6.73. The minimum Gasteiger partial charge on any atom is -0.508 e. The van der Waals surface area contributed by atoms with Crippen molar-refractivity contribution in [1.82, 2.24) is 10.2 Å². The van der Waals surface area contributed by atoms with Gasteiger partial charge in [0.05, 0.1) is 0 Å². The summed E-state index contributed by atoms with van der Waals surface area (Å²) >= 11 is 0. The van der Waals surface area contributed by atoms with Gasteiger partial charge < -0.3 is 10.4 Å². The standard InChI is InChI=1S/C19H24N2O2/c22-14-4-3-13-7-17-16-10-20-18(23)9-19(16,15(13)8-14)5-6-21(17)11-12-1-2-12/h3-4,8,12,16-17,22H,1-2,5-7,9-11H2,(H,20,23). The number of carbonyl (C=O) groups is 1. The number of amides is 1. The second-order valence-electron chi connectivity index (χ2n) is 8.04. The second-order valence-corrected chi connectivity index (χ2v) is 8.04. The molecule has 1 saturated carbocycles. The number of hydrogen-bond donors (Lipinski definition) is 2. The topological polar surface area (TPSA) is 52.6 Å². The monoisotopic (exact) mass is 312 g/mol. The molecule has 3 fully saturated rings. The molecule has 0 aromatic heterocycles. The molecule has 2 heterocycles. The molecule has 3 unspecified atom stereocenters. The third kappa shape index (κ3) is 2.04. The second kappa shape index (κ2) is 4.73. The number of nitrogens with one attached hydrogen (secondary N) is 1. The summed E-state index contributed by atoms with van der Waals surface area (Å²) in [7, 11) is 0. The minimum atomic E-state index is -0.0562. The van der Waals surface area contributed by atoms with Crippen molar-refractivity contribution >= 4 is 5.91 Å². The predicted octanol–water partition coefficient (Wildman–Crippen LogP) is 1.81. The molecular formula is C19H24N2O2. The van der Waals surface area contributed by atoms with Crippen molar-refractivity contribution in [3.05, 3.63) is 29.3 Å². The van der Waals surface area contributed by atoms with E-state index in [1.165, 1.54) is 30.5 Å². The Morgan fingerprint density at radius 1 is 1.35 bits per heavy atom. The van der Waals surface area contributed by atoms with Crippen molar-refractivity contribution in [2.75, 3.05) is 19.6 Å². The first kappa shape index (κ1) is 13.8. The Hall–Kier alpha value is -1.55. The van der Waals surface area contributed by atoms with E-state index in [9.17, 15) is 9.90 Å². The van der Waals surface area contributed by atoms with E-state index in [2.05, 4.69) is 16.3 Å². The van der Waals surface area contributed by atoms with Crippen LogP contribution in [0.1, 0.15) is 36.8 Å². The molecule has 0 spiro atoms. The normalized spacial score (nSPS) is 36.1. The molecule has 23 heavy (non-hydrogen) atoms. The Balaban J connectivity index is 1.60. The number of rotatable bonds is 2. The number of aromatic hydroxyl groups is 1. The third-order valence-corrected chi connectivity index (χ3v) is 6.73. The van der Waals surface area contributed by atoms with E-state index in [0.717, 1.165) is 31.8 Å². The molecule has 2 bridgehead atoms. The summed E-state index contributed by atoms with van der Waals surface area (Å²) in [4.78, 5) is 14.9. The summed E-state index contributed by atoms with van der Waals surface area (Å²) in [5, 5.41) is 13.1. The smallest absolute Gasteiger partial charge is 0.220 e. The fraction of sp³-hybridized carbons (Fsp3) is 0.632. The number of fused-ring (bicyclic) bond motifs is 1. The number of benzene rings is 1. The summed E-state index contributed by atoms with van der Waals surface area (Å²) in [6, 6.07) is 6.37. The van der Waals surface area contributed by atoms with Crippen molar-refractivity contribution in [3.8, 4) is 5.75 Å². The zero-order valence-corrected chi connectivity index (χ0v) is 13.4. The molecule has 4 aliphatic rings. The first-order valence-electron chi connectivity index (χ1n) is 8.99. The maximum Gasteiger partial charge on any atom is 0.220 e. The molecule has 1 aromatic rings. The van der Waals surface area contributed by atoms with E-state index in [1.807, 2.05) is 6.07 Å². The molecule has 1 amide bonds. The summed E-state index contributed by atoms with van der Waals surface area (Å²) in [6.45, 7) is 3.12. The summed E-state index contributed by atoms with van der Waals surface area (Å²) in [5.41, 5.74) is 2.54. The quantitative estimate of drug-likeness (QED) is 0.876. The van der Waals surface area contributed by atoms with Crippen LogP contribution in [0.25, 0.3) is 0 Å². The Kier molecular flexibility index (Phi) is 2.85. The number of hydrogen-bond acceptors (Lipinski definition) is 3. The largest absolute Gasteiger partial charge is 0.508 e. The molecule has 3 atom stereocenters. The van der Waals surface area contributed by atoms with Gasteiger partial charge in [0.25, 0.3) is 0 Å². The SMILES string of the molecule is O=C1CC23CCN(CC4CC4)C(Cc4ccc(O)cc42)C3CN1. The van der Waals surface area contributed by atoms with Gasteiger partial charge in [-0.2, -0.15) is 0 Å². The molecular weight excluding hydrogens is 288 g/mol. The highest BCUT2D eigenvalue weighted by atomic mass is 16.3. The zero-order valence-electron chi connectivity index (χ0n) is 13.4. The molecule has 2 N–H and O–H groups in total. The molecule has 2 saturated heterocycles. The molecule has 2 aliphatic heterocycles. The average molecular weight is 312 g/mol. The van der Waals surface area contributed by atoms with Crippen molar-refractivity contribution in [2.45, 2.75) is 43.6 Å². The molecule has 2 aliphatic carbocycles. The van der Waals surface area contributed by atoms with Crippen LogP contribution >= 0.6 is 0 Å². The van der Waals surface area contributed by atoms with Crippen LogP contribution in [-0.4, -0.2) is 41.6 Å². The van der Waals surface area contributed by atoms with Crippen LogP contribution in [0.3, 0.4) is 0 Å². The number of carbonyl (C=O) groups excluding carboxylic acids is 1. The van der Waals surface area contributed by atoms with E-state index in [0.29, 0.717) is 24.1 Å². The predicted molar refractivity (Wildman–Crippen MR) is 87.3 cm³/mol. The van der Waals surface area contributed by atoms with E-state index in [-0.39, 0.29) is 11.3 Å². The lowest BCUT2D eigenvalue weighted by Crippen LogP contribution is -2.66. The van der Waals surface area contributed by atoms with E-state index in [1.54, 1.807) is 6.07 Å². The van der Waals surface area contributed by atoms with Crippen LogP contribution in [0.4, 0.5) is 0 Å². The van der Waals surface area contributed by atoms with Crippen LogP contribution < -0.4 is 5.32 Å². The van der Waals surface area contributed by atoms with E-state index < -0.39 is 0 Å². The van der Waals surface area contributed by atoms with Gasteiger partial charge in [-0.3, -0.25) is 9.69 Å². The maximum absolute atomic E-state index is 12.2. The van der Waals surface area contributed by atoms with Crippen LogP contribution in [0.15, 0.2) is 18.2 Å². The highest BCUT2D eigenvalue weighted by Gasteiger charge is 2.56. The van der Waals surface area contributed by atoms with Gasteiger partial charge in [-0.1, -0.05) is 6.07 Å². The van der Waals surface area contributed by atoms with Crippen LogP contribution in [-0.2, 0) is 16.6 Å². The van der Waals surface area contributed by atoms with Crippen LogP contribution in [0.5, 0.6) is 5.75 Å². The molecule has 1 aromatic carbocycles. The van der Waals surface area contributed by atoms with Crippen LogP contribution in [0.2, 0.25) is 0 Å². The number of phenolic OH excluding ortho intramolecular Hbond substituents is 1. The lowest BCUT2D eigenvalue weighted by molar-refractivity contribution is -0.129. The number of piperidine rings is 2. The van der Waals surface area contributed by atoms with Gasteiger partial charge >= 0.3 is 0 Å². The molecule has 4 nitrogen and oxygen atoms in total. The Bertz CT molecular complexity index is 669. The first-order chi connectivity index (χ1) is 11.2. The number of phenols is 1. The van der Waals surface area contributed by atoms with Gasteiger partial charge in [0, 0.05) is 36.9 Å². The highest BCUT2D eigenvalue weighted by Crippen LogP contribution is 2.53. The van der Waals surface area contributed by atoms with Gasteiger partial charge in [-0.05, 0) is 61.4 Å². The summed E-state index contributed by atoms with van der Waals surface area (Å²) < 4.78 is 0.